The molecule has 0 bridgehead atoms. The van der Waals surface area contributed by atoms with Crippen LogP contribution in [-0.4, -0.2) is 23.3 Å². The number of hydrogen-bond donors (Lipinski definition) is 2. The quantitative estimate of drug-likeness (QED) is 0.833. The molecule has 0 aliphatic rings. The molecule has 19 heavy (non-hydrogen) atoms. The minimum atomic E-state index is -4.76. The smallest absolute Gasteiger partial charge is 0.406 e. The van der Waals surface area contributed by atoms with Crippen molar-refractivity contribution in [1.29, 1.82) is 0 Å². The van der Waals surface area contributed by atoms with Crippen molar-refractivity contribution in [3.8, 4) is 5.75 Å². The van der Waals surface area contributed by atoms with E-state index in [1.807, 2.05) is 0 Å². The molecular weight excluding hydrogens is 281 g/mol. The maximum absolute atomic E-state index is 11.9. The Labute approximate surface area is 112 Å². The van der Waals surface area contributed by atoms with Gasteiger partial charge in [0.05, 0.1) is 11.0 Å². The van der Waals surface area contributed by atoms with Crippen molar-refractivity contribution in [2.75, 3.05) is 0 Å². The van der Waals surface area contributed by atoms with Gasteiger partial charge in [-0.3, -0.25) is 4.79 Å². The first kappa shape index (κ1) is 15.2. The zero-order valence-corrected chi connectivity index (χ0v) is 10.6. The molecule has 0 heterocycles. The lowest BCUT2D eigenvalue weighted by Crippen LogP contribution is -2.41. The monoisotopic (exact) mass is 292 g/mol. The molecule has 0 saturated heterocycles. The number of alkyl halides is 3. The Morgan fingerprint density at radius 3 is 2.32 bits per heavy atom. The van der Waals surface area contributed by atoms with Crippen LogP contribution in [0.1, 0.15) is 17.3 Å². The molecule has 0 aliphatic carbocycles. The number of halogens is 3. The van der Waals surface area contributed by atoms with Crippen molar-refractivity contribution >= 4 is 23.1 Å². The summed E-state index contributed by atoms with van der Waals surface area (Å²) >= 11 is 4.69. The Balaban J connectivity index is 2.71. The zero-order chi connectivity index (χ0) is 14.6. The van der Waals surface area contributed by atoms with Crippen molar-refractivity contribution < 1.29 is 22.7 Å². The average molecular weight is 292 g/mol. The molecule has 0 spiro atoms. The Hall–Kier alpha value is -1.83. The van der Waals surface area contributed by atoms with Crippen LogP contribution in [0.3, 0.4) is 0 Å². The van der Waals surface area contributed by atoms with E-state index in [1.54, 1.807) is 6.92 Å². The Morgan fingerprint density at radius 2 is 1.89 bits per heavy atom. The first-order chi connectivity index (χ1) is 8.69. The summed E-state index contributed by atoms with van der Waals surface area (Å²) in [6, 6.07) is 4.01. The fourth-order valence-electron chi connectivity index (χ4n) is 1.16. The van der Waals surface area contributed by atoms with Gasteiger partial charge in [-0.15, -0.1) is 13.2 Å². The summed E-state index contributed by atoms with van der Waals surface area (Å²) in [5, 5.41) is 2.50. The second-order valence-corrected chi connectivity index (χ2v) is 4.14. The molecular formula is C11H11F3N2O2S. The highest BCUT2D eigenvalue weighted by atomic mass is 32.1. The largest absolute Gasteiger partial charge is 0.573 e. The summed E-state index contributed by atoms with van der Waals surface area (Å²) in [6.45, 7) is 1.60. The molecule has 8 heteroatoms. The number of hydrogen-bond acceptors (Lipinski definition) is 3. The van der Waals surface area contributed by atoms with E-state index >= 15 is 0 Å². The van der Waals surface area contributed by atoms with Gasteiger partial charge >= 0.3 is 6.36 Å². The molecule has 0 saturated carbocycles. The van der Waals surface area contributed by atoms with E-state index < -0.39 is 24.1 Å². The number of nitrogens with one attached hydrogen (secondary N) is 1. The third-order valence-corrected chi connectivity index (χ3v) is 2.48. The maximum Gasteiger partial charge on any atom is 0.573 e. The molecule has 3 N–H and O–H groups in total. The highest BCUT2D eigenvalue weighted by molar-refractivity contribution is 7.80. The molecule has 0 fully saturated rings. The summed E-state index contributed by atoms with van der Waals surface area (Å²) in [7, 11) is 0. The van der Waals surface area contributed by atoms with Crippen LogP contribution in [0.25, 0.3) is 0 Å². The van der Waals surface area contributed by atoms with E-state index in [0.717, 1.165) is 12.1 Å². The average Bonchev–Trinajstić information content (AvgIpc) is 2.27. The Morgan fingerprint density at radius 1 is 1.37 bits per heavy atom. The molecule has 1 aromatic rings. The molecule has 0 radical (unpaired) electrons. The molecule has 1 amide bonds. The van der Waals surface area contributed by atoms with Crippen molar-refractivity contribution in [2.45, 2.75) is 19.3 Å². The third kappa shape index (κ3) is 5.12. The summed E-state index contributed by atoms with van der Waals surface area (Å²) in [5.41, 5.74) is 5.51. The second kappa shape index (κ2) is 5.87. The molecule has 104 valence electrons. The van der Waals surface area contributed by atoms with Crippen molar-refractivity contribution in [3.63, 3.8) is 0 Å². The first-order valence-electron chi connectivity index (χ1n) is 5.15. The van der Waals surface area contributed by atoms with Gasteiger partial charge in [-0.25, -0.2) is 0 Å². The summed E-state index contributed by atoms with van der Waals surface area (Å²) in [5.74, 6) is -0.884. The standard InChI is InChI=1S/C11H11F3N2O2S/c1-6(9(15)19)16-10(17)7-2-4-8(5-3-7)18-11(12,13)14/h2-6H,1H3,(H2,15,19)(H,16,17). The number of rotatable bonds is 4. The number of thiocarbonyl (C=S) groups is 1. The number of ether oxygens (including phenoxy) is 1. The predicted octanol–water partition coefficient (Wildman–Crippen LogP) is 1.99. The number of benzene rings is 1. The minimum absolute atomic E-state index is 0.116. The number of carbonyl (C=O) groups excluding carboxylic acids is 1. The maximum atomic E-state index is 11.9. The van der Waals surface area contributed by atoms with Crippen LogP contribution >= 0.6 is 12.2 Å². The second-order valence-electron chi connectivity index (χ2n) is 3.67. The number of nitrogens with two attached hydrogens (primary N) is 1. The van der Waals surface area contributed by atoms with E-state index in [0.29, 0.717) is 0 Å². The highest BCUT2D eigenvalue weighted by Gasteiger charge is 2.31. The van der Waals surface area contributed by atoms with E-state index in [2.05, 4.69) is 22.3 Å². The van der Waals surface area contributed by atoms with E-state index in [1.165, 1.54) is 12.1 Å². The third-order valence-electron chi connectivity index (χ3n) is 2.12. The molecule has 0 aliphatic heterocycles. The van der Waals surface area contributed by atoms with Crippen LogP contribution in [-0.2, 0) is 0 Å². The van der Waals surface area contributed by atoms with Gasteiger partial charge in [0.25, 0.3) is 5.91 Å². The Bertz CT molecular complexity index is 474. The van der Waals surface area contributed by atoms with Crippen LogP contribution in [0, 0.1) is 0 Å². The predicted molar refractivity (Wildman–Crippen MR) is 66.8 cm³/mol. The molecule has 1 rings (SSSR count). The normalized spacial score (nSPS) is 12.6. The van der Waals surface area contributed by atoms with Gasteiger partial charge in [0.2, 0.25) is 0 Å². The van der Waals surface area contributed by atoms with E-state index in [-0.39, 0.29) is 10.6 Å². The van der Waals surface area contributed by atoms with Gasteiger partial charge in [-0.1, -0.05) is 12.2 Å². The van der Waals surface area contributed by atoms with Gasteiger partial charge in [-0.2, -0.15) is 0 Å². The van der Waals surface area contributed by atoms with Crippen LogP contribution in [0.5, 0.6) is 5.75 Å². The zero-order valence-electron chi connectivity index (χ0n) is 9.82. The summed E-state index contributed by atoms with van der Waals surface area (Å²) < 4.78 is 39.5. The van der Waals surface area contributed by atoms with Gasteiger partial charge in [-0.05, 0) is 31.2 Å². The number of carbonyl (C=O) groups is 1. The lowest BCUT2D eigenvalue weighted by molar-refractivity contribution is -0.274. The highest BCUT2D eigenvalue weighted by Crippen LogP contribution is 2.22. The topological polar surface area (TPSA) is 64.3 Å². The van der Waals surface area contributed by atoms with Gasteiger partial charge in [0, 0.05) is 5.56 Å². The fourth-order valence-corrected chi connectivity index (χ4v) is 1.22. The SMILES string of the molecule is CC(NC(=O)c1ccc(OC(F)(F)F)cc1)C(N)=S. The Kier molecular flexibility index (Phi) is 4.71. The fraction of sp³-hybridized carbons (Fsp3) is 0.273. The van der Waals surface area contributed by atoms with Crippen LogP contribution in [0.4, 0.5) is 13.2 Å². The van der Waals surface area contributed by atoms with Gasteiger partial charge in [0.15, 0.2) is 0 Å². The van der Waals surface area contributed by atoms with E-state index in [9.17, 15) is 18.0 Å². The molecule has 1 atom stereocenters. The molecule has 0 aromatic heterocycles. The van der Waals surface area contributed by atoms with Crippen molar-refractivity contribution in [1.82, 2.24) is 5.32 Å². The lowest BCUT2D eigenvalue weighted by atomic mass is 10.2. The van der Waals surface area contributed by atoms with Gasteiger partial charge in [0.1, 0.15) is 5.75 Å². The van der Waals surface area contributed by atoms with Crippen LogP contribution in [0.15, 0.2) is 24.3 Å². The first-order valence-corrected chi connectivity index (χ1v) is 5.56. The van der Waals surface area contributed by atoms with Crippen LogP contribution in [0.2, 0.25) is 0 Å². The molecule has 1 unspecified atom stereocenters. The van der Waals surface area contributed by atoms with Crippen molar-refractivity contribution in [3.05, 3.63) is 29.8 Å². The lowest BCUT2D eigenvalue weighted by Gasteiger charge is -2.12. The molecule has 4 nitrogen and oxygen atoms in total. The summed E-state index contributed by atoms with van der Waals surface area (Å²) in [6.07, 6.45) is -4.76. The number of amides is 1. The van der Waals surface area contributed by atoms with Crippen molar-refractivity contribution in [2.24, 2.45) is 5.73 Å². The van der Waals surface area contributed by atoms with E-state index in [4.69, 9.17) is 5.73 Å². The minimum Gasteiger partial charge on any atom is -0.406 e. The molecule has 1 aromatic carbocycles. The van der Waals surface area contributed by atoms with Crippen LogP contribution < -0.4 is 15.8 Å². The summed E-state index contributed by atoms with van der Waals surface area (Å²) in [4.78, 5) is 11.8. The van der Waals surface area contributed by atoms with Gasteiger partial charge < -0.3 is 15.8 Å².